The van der Waals surface area contributed by atoms with Crippen LogP contribution in [-0.2, 0) is 0 Å². The van der Waals surface area contributed by atoms with Crippen molar-refractivity contribution in [3.05, 3.63) is 24.3 Å². The fourth-order valence-corrected chi connectivity index (χ4v) is 2.48. The first-order valence-corrected chi connectivity index (χ1v) is 6.35. The van der Waals surface area contributed by atoms with Crippen molar-refractivity contribution in [3.8, 4) is 5.75 Å². The number of anilines is 1. The van der Waals surface area contributed by atoms with Gasteiger partial charge in [-0.1, -0.05) is 12.1 Å². The third-order valence-electron chi connectivity index (χ3n) is 3.41. The molecule has 0 saturated carbocycles. The van der Waals surface area contributed by atoms with Crippen molar-refractivity contribution in [1.82, 2.24) is 4.90 Å². The van der Waals surface area contributed by atoms with Crippen LogP contribution in [0.2, 0.25) is 0 Å². The van der Waals surface area contributed by atoms with Crippen LogP contribution >= 0.6 is 0 Å². The molecule has 17 heavy (non-hydrogen) atoms. The first-order valence-electron chi connectivity index (χ1n) is 6.35. The molecule has 1 heterocycles. The monoisotopic (exact) mass is 234 g/mol. The van der Waals surface area contributed by atoms with Crippen molar-refractivity contribution in [1.29, 1.82) is 0 Å². The van der Waals surface area contributed by atoms with Gasteiger partial charge in [0.2, 0.25) is 0 Å². The second kappa shape index (κ2) is 5.92. The molecule has 0 bridgehead atoms. The Labute approximate surface area is 104 Å². The fourth-order valence-electron chi connectivity index (χ4n) is 2.48. The number of nitrogens with zero attached hydrogens (tertiary/aromatic N) is 1. The van der Waals surface area contributed by atoms with Gasteiger partial charge in [-0.2, -0.15) is 0 Å². The van der Waals surface area contributed by atoms with Crippen molar-refractivity contribution < 1.29 is 4.74 Å². The number of hydrogen-bond acceptors (Lipinski definition) is 3. The third-order valence-corrected chi connectivity index (χ3v) is 3.41. The SMILES string of the molecule is COc1ccccc1NCC1CCCN(C)C1. The van der Waals surface area contributed by atoms with Crippen LogP contribution in [0.25, 0.3) is 0 Å². The van der Waals surface area contributed by atoms with Crippen LogP contribution in [0.15, 0.2) is 24.3 Å². The van der Waals surface area contributed by atoms with Crippen LogP contribution in [0.1, 0.15) is 12.8 Å². The van der Waals surface area contributed by atoms with Gasteiger partial charge >= 0.3 is 0 Å². The summed E-state index contributed by atoms with van der Waals surface area (Å²) in [6, 6.07) is 8.11. The maximum absolute atomic E-state index is 5.33. The molecule has 1 N–H and O–H groups in total. The van der Waals surface area contributed by atoms with E-state index in [0.717, 1.165) is 23.9 Å². The Balaban J connectivity index is 1.88. The fraction of sp³-hybridized carbons (Fsp3) is 0.571. The molecule has 1 aromatic carbocycles. The van der Waals surface area contributed by atoms with Crippen molar-refractivity contribution in [2.24, 2.45) is 5.92 Å². The number of hydrogen-bond donors (Lipinski definition) is 1. The summed E-state index contributed by atoms with van der Waals surface area (Å²) < 4.78 is 5.33. The summed E-state index contributed by atoms with van der Waals surface area (Å²) in [6.45, 7) is 3.47. The first-order chi connectivity index (χ1) is 8.29. The van der Waals surface area contributed by atoms with Gasteiger partial charge in [0.25, 0.3) is 0 Å². The number of ether oxygens (including phenoxy) is 1. The molecule has 0 aliphatic carbocycles. The van der Waals surface area contributed by atoms with E-state index in [1.54, 1.807) is 7.11 Å². The van der Waals surface area contributed by atoms with Gasteiger partial charge in [-0.05, 0) is 44.5 Å². The lowest BCUT2D eigenvalue weighted by atomic mass is 9.98. The molecular formula is C14H22N2O. The van der Waals surface area contributed by atoms with E-state index < -0.39 is 0 Å². The van der Waals surface area contributed by atoms with E-state index in [0.29, 0.717) is 0 Å². The van der Waals surface area contributed by atoms with Crippen LogP contribution in [0.4, 0.5) is 5.69 Å². The molecule has 94 valence electrons. The lowest BCUT2D eigenvalue weighted by molar-refractivity contribution is 0.217. The van der Waals surface area contributed by atoms with Gasteiger partial charge in [0.05, 0.1) is 12.8 Å². The van der Waals surface area contributed by atoms with Crippen LogP contribution in [0.3, 0.4) is 0 Å². The van der Waals surface area contributed by atoms with Crippen molar-refractivity contribution in [2.75, 3.05) is 39.1 Å². The van der Waals surface area contributed by atoms with E-state index in [1.807, 2.05) is 18.2 Å². The van der Waals surface area contributed by atoms with Crippen molar-refractivity contribution >= 4 is 5.69 Å². The second-order valence-corrected chi connectivity index (χ2v) is 4.85. The predicted octanol–water partition coefficient (Wildman–Crippen LogP) is 2.45. The summed E-state index contributed by atoms with van der Waals surface area (Å²) in [5.41, 5.74) is 1.10. The molecule has 1 aliphatic heterocycles. The molecule has 0 aromatic heterocycles. The van der Waals surface area contributed by atoms with Crippen LogP contribution in [0, 0.1) is 5.92 Å². The second-order valence-electron chi connectivity index (χ2n) is 4.85. The van der Waals surface area contributed by atoms with Gasteiger partial charge in [-0.3, -0.25) is 0 Å². The summed E-state index contributed by atoms with van der Waals surface area (Å²) in [4.78, 5) is 2.41. The lowest BCUT2D eigenvalue weighted by Crippen LogP contribution is -2.35. The molecule has 1 aromatic rings. The Bertz CT molecular complexity index is 354. The van der Waals surface area contributed by atoms with E-state index in [-0.39, 0.29) is 0 Å². The largest absolute Gasteiger partial charge is 0.495 e. The zero-order valence-corrected chi connectivity index (χ0v) is 10.8. The Morgan fingerprint density at radius 3 is 3.00 bits per heavy atom. The van der Waals surface area contributed by atoms with Gasteiger partial charge in [0.15, 0.2) is 0 Å². The van der Waals surface area contributed by atoms with Gasteiger partial charge in [0.1, 0.15) is 5.75 Å². The first kappa shape index (κ1) is 12.2. The molecule has 1 unspecified atom stereocenters. The Morgan fingerprint density at radius 1 is 1.41 bits per heavy atom. The highest BCUT2D eigenvalue weighted by Gasteiger charge is 2.17. The van der Waals surface area contributed by atoms with E-state index in [4.69, 9.17) is 4.74 Å². The van der Waals surface area contributed by atoms with Crippen LogP contribution < -0.4 is 10.1 Å². The van der Waals surface area contributed by atoms with Crippen molar-refractivity contribution in [2.45, 2.75) is 12.8 Å². The number of benzene rings is 1. The minimum Gasteiger partial charge on any atom is -0.495 e. The van der Waals surface area contributed by atoms with Gasteiger partial charge in [-0.15, -0.1) is 0 Å². The molecule has 0 amide bonds. The predicted molar refractivity (Wildman–Crippen MR) is 71.7 cm³/mol. The highest BCUT2D eigenvalue weighted by Crippen LogP contribution is 2.24. The van der Waals surface area contributed by atoms with E-state index in [1.165, 1.54) is 25.9 Å². The molecule has 3 heteroatoms. The minimum atomic E-state index is 0.749. The van der Waals surface area contributed by atoms with E-state index in [9.17, 15) is 0 Å². The van der Waals surface area contributed by atoms with Gasteiger partial charge < -0.3 is 15.0 Å². The smallest absolute Gasteiger partial charge is 0.141 e. The summed E-state index contributed by atoms with van der Waals surface area (Å²) in [6.07, 6.45) is 2.64. The number of piperidine rings is 1. The molecule has 1 aliphatic rings. The molecule has 0 radical (unpaired) electrons. The van der Waals surface area contributed by atoms with Crippen LogP contribution in [-0.4, -0.2) is 38.7 Å². The molecule has 1 fully saturated rings. The number of rotatable bonds is 4. The number of methoxy groups -OCH3 is 1. The topological polar surface area (TPSA) is 24.5 Å². The van der Waals surface area contributed by atoms with Crippen molar-refractivity contribution in [3.63, 3.8) is 0 Å². The normalized spacial score (nSPS) is 21.2. The number of nitrogens with one attached hydrogen (secondary N) is 1. The average Bonchev–Trinajstić information content (AvgIpc) is 2.37. The van der Waals surface area contributed by atoms with E-state index >= 15 is 0 Å². The Kier molecular flexibility index (Phi) is 4.26. The molecule has 3 nitrogen and oxygen atoms in total. The Morgan fingerprint density at radius 2 is 2.24 bits per heavy atom. The summed E-state index contributed by atoms with van der Waals surface area (Å²) in [7, 11) is 3.92. The zero-order valence-electron chi connectivity index (χ0n) is 10.8. The molecule has 1 atom stereocenters. The number of para-hydroxylation sites is 2. The van der Waals surface area contributed by atoms with E-state index in [2.05, 4.69) is 23.3 Å². The van der Waals surface area contributed by atoms with Gasteiger partial charge in [0, 0.05) is 13.1 Å². The standard InChI is InChI=1S/C14H22N2O/c1-16-9-5-6-12(11-16)10-15-13-7-3-4-8-14(13)17-2/h3-4,7-8,12,15H,5-6,9-11H2,1-2H3. The molecule has 1 saturated heterocycles. The third kappa shape index (κ3) is 3.37. The lowest BCUT2D eigenvalue weighted by Gasteiger charge is -2.30. The highest BCUT2D eigenvalue weighted by molar-refractivity contribution is 5.56. The van der Waals surface area contributed by atoms with Gasteiger partial charge in [-0.25, -0.2) is 0 Å². The number of likely N-dealkylation sites (tertiary alicyclic amines) is 1. The van der Waals surface area contributed by atoms with Crippen LogP contribution in [0.5, 0.6) is 5.75 Å². The maximum Gasteiger partial charge on any atom is 0.141 e. The maximum atomic E-state index is 5.33. The quantitative estimate of drug-likeness (QED) is 0.866. The Hall–Kier alpha value is -1.22. The average molecular weight is 234 g/mol. The molecule has 2 rings (SSSR count). The molecule has 0 spiro atoms. The summed E-state index contributed by atoms with van der Waals surface area (Å²) in [5, 5.41) is 3.50. The zero-order chi connectivity index (χ0) is 12.1. The summed E-state index contributed by atoms with van der Waals surface area (Å²) in [5.74, 6) is 1.68. The minimum absolute atomic E-state index is 0.749. The summed E-state index contributed by atoms with van der Waals surface area (Å²) >= 11 is 0. The molecular weight excluding hydrogens is 212 g/mol. The highest BCUT2D eigenvalue weighted by atomic mass is 16.5.